The third-order valence-electron chi connectivity index (χ3n) is 4.53. The van der Waals surface area contributed by atoms with Crippen LogP contribution in [0.5, 0.6) is 0 Å². The summed E-state index contributed by atoms with van der Waals surface area (Å²) >= 11 is 7.65. The Bertz CT molecular complexity index is 979. The fraction of sp³-hybridized carbons (Fsp3) is 0.316. The molecule has 1 aliphatic heterocycles. The maximum absolute atomic E-state index is 12.7. The van der Waals surface area contributed by atoms with Gasteiger partial charge in [0.25, 0.3) is 5.56 Å². The Balaban J connectivity index is 2.01. The van der Waals surface area contributed by atoms with Crippen molar-refractivity contribution >= 4 is 45.7 Å². The minimum absolute atomic E-state index is 0.117. The molecule has 8 heteroatoms. The molecule has 0 saturated carbocycles. The lowest BCUT2D eigenvalue weighted by atomic mass is 10.1. The predicted octanol–water partition coefficient (Wildman–Crippen LogP) is 4.30. The lowest BCUT2D eigenvalue weighted by Gasteiger charge is -2.22. The van der Waals surface area contributed by atoms with E-state index in [-0.39, 0.29) is 17.2 Å². The van der Waals surface area contributed by atoms with Gasteiger partial charge in [0, 0.05) is 6.21 Å². The van der Waals surface area contributed by atoms with Gasteiger partial charge in [0.15, 0.2) is 5.56 Å². The maximum atomic E-state index is 12.7. The third kappa shape index (κ3) is 3.98. The van der Waals surface area contributed by atoms with Crippen LogP contribution in [0.15, 0.2) is 34.6 Å². The van der Waals surface area contributed by atoms with Crippen molar-refractivity contribution in [3.63, 3.8) is 0 Å². The van der Waals surface area contributed by atoms with Crippen molar-refractivity contribution in [1.29, 1.82) is 5.26 Å². The SMILES string of the molecule is C=C/C=N\c1ccc(Cl)c(Nc2sn(C3CCNCC3)c(=O)c2C#N)c1C. The highest BCUT2D eigenvalue weighted by molar-refractivity contribution is 7.11. The van der Waals surface area contributed by atoms with Crippen molar-refractivity contribution in [3.8, 4) is 6.07 Å². The third-order valence-corrected chi connectivity index (χ3v) is 5.99. The van der Waals surface area contributed by atoms with Crippen LogP contribution in [0.2, 0.25) is 5.02 Å². The average molecular weight is 402 g/mol. The fourth-order valence-corrected chi connectivity index (χ4v) is 4.42. The molecule has 1 saturated heterocycles. The summed E-state index contributed by atoms with van der Waals surface area (Å²) in [5.74, 6) is 0. The molecule has 2 aromatic rings. The number of anilines is 2. The molecule has 6 nitrogen and oxygen atoms in total. The summed E-state index contributed by atoms with van der Waals surface area (Å²) < 4.78 is 1.71. The van der Waals surface area contributed by atoms with Crippen LogP contribution in [0.1, 0.15) is 30.0 Å². The molecule has 3 rings (SSSR count). The van der Waals surface area contributed by atoms with Gasteiger partial charge in [0.2, 0.25) is 0 Å². The molecule has 140 valence electrons. The van der Waals surface area contributed by atoms with Gasteiger partial charge < -0.3 is 10.6 Å². The average Bonchev–Trinajstić information content (AvgIpc) is 3.00. The summed E-state index contributed by atoms with van der Waals surface area (Å²) in [7, 11) is 0. The van der Waals surface area contributed by atoms with Crippen molar-refractivity contribution in [2.24, 2.45) is 4.99 Å². The molecule has 1 aliphatic rings. The Morgan fingerprint density at radius 1 is 1.48 bits per heavy atom. The highest BCUT2D eigenvalue weighted by Crippen LogP contribution is 2.37. The van der Waals surface area contributed by atoms with E-state index in [4.69, 9.17) is 11.6 Å². The van der Waals surface area contributed by atoms with Crippen LogP contribution in [-0.2, 0) is 0 Å². The second-order valence-electron chi connectivity index (χ2n) is 6.22. The van der Waals surface area contributed by atoms with E-state index < -0.39 is 0 Å². The van der Waals surface area contributed by atoms with Gasteiger partial charge in [-0.1, -0.05) is 24.3 Å². The number of piperidine rings is 1. The quantitative estimate of drug-likeness (QED) is 0.732. The lowest BCUT2D eigenvalue weighted by molar-refractivity contribution is 0.380. The van der Waals surface area contributed by atoms with E-state index in [0.29, 0.717) is 15.7 Å². The number of rotatable bonds is 5. The summed E-state index contributed by atoms with van der Waals surface area (Å²) in [5.41, 5.74) is 2.09. The fourth-order valence-electron chi connectivity index (χ4n) is 3.07. The molecule has 0 bridgehead atoms. The van der Waals surface area contributed by atoms with Crippen molar-refractivity contribution in [2.45, 2.75) is 25.8 Å². The predicted molar refractivity (Wildman–Crippen MR) is 112 cm³/mol. The Kier molecular flexibility index (Phi) is 6.11. The molecule has 1 aromatic carbocycles. The Morgan fingerprint density at radius 2 is 2.22 bits per heavy atom. The van der Waals surface area contributed by atoms with Crippen LogP contribution >= 0.6 is 23.1 Å². The second-order valence-corrected chi connectivity index (χ2v) is 7.62. The highest BCUT2D eigenvalue weighted by atomic mass is 35.5. The van der Waals surface area contributed by atoms with E-state index in [1.165, 1.54) is 11.5 Å². The smallest absolute Gasteiger partial charge is 0.281 e. The Hall–Kier alpha value is -2.40. The van der Waals surface area contributed by atoms with E-state index in [0.717, 1.165) is 37.2 Å². The first-order chi connectivity index (χ1) is 13.1. The summed E-state index contributed by atoms with van der Waals surface area (Å²) in [6.07, 6.45) is 4.94. The molecule has 0 atom stereocenters. The summed E-state index contributed by atoms with van der Waals surface area (Å²) in [5, 5.41) is 17.0. The standard InChI is InChI=1S/C19H20ClN5OS/c1-3-8-23-16-5-4-15(20)17(12(16)2)24-18-14(11-21)19(26)25(27-18)13-6-9-22-10-7-13/h3-5,8,13,22,24H,1,6-7,9-10H2,2H3/b23-8-. The van der Waals surface area contributed by atoms with Gasteiger partial charge in [-0.25, -0.2) is 0 Å². The van der Waals surface area contributed by atoms with Crippen LogP contribution in [0.3, 0.4) is 0 Å². The molecule has 0 aliphatic carbocycles. The Labute approximate surface area is 167 Å². The van der Waals surface area contributed by atoms with Crippen molar-refractivity contribution in [1.82, 2.24) is 9.27 Å². The number of hydrogen-bond acceptors (Lipinski definition) is 6. The van der Waals surface area contributed by atoms with Crippen molar-refractivity contribution < 1.29 is 0 Å². The maximum Gasteiger partial charge on any atom is 0.281 e. The summed E-state index contributed by atoms with van der Waals surface area (Å²) in [4.78, 5) is 17.0. The van der Waals surface area contributed by atoms with Crippen molar-refractivity contribution in [2.75, 3.05) is 18.4 Å². The number of aromatic nitrogens is 1. The number of allylic oxidation sites excluding steroid dienone is 1. The summed E-state index contributed by atoms with van der Waals surface area (Å²) in [6, 6.07) is 5.72. The first kappa shape index (κ1) is 19.4. The van der Waals surface area contributed by atoms with E-state index >= 15 is 0 Å². The molecule has 27 heavy (non-hydrogen) atoms. The molecule has 1 fully saturated rings. The highest BCUT2D eigenvalue weighted by Gasteiger charge is 2.23. The van der Waals surface area contributed by atoms with Gasteiger partial charge >= 0.3 is 0 Å². The van der Waals surface area contributed by atoms with E-state index in [1.807, 2.05) is 19.1 Å². The largest absolute Gasteiger partial charge is 0.343 e. The number of nitrogens with zero attached hydrogens (tertiary/aromatic N) is 3. The van der Waals surface area contributed by atoms with Crippen LogP contribution < -0.4 is 16.2 Å². The van der Waals surface area contributed by atoms with Gasteiger partial charge in [-0.3, -0.25) is 13.7 Å². The number of halogens is 1. The molecule has 0 amide bonds. The van der Waals surface area contributed by atoms with E-state index in [9.17, 15) is 10.1 Å². The zero-order valence-electron chi connectivity index (χ0n) is 15.0. The zero-order chi connectivity index (χ0) is 19.4. The van der Waals surface area contributed by atoms with Gasteiger partial charge in [0.1, 0.15) is 11.1 Å². The van der Waals surface area contributed by atoms with Crippen LogP contribution in [0.4, 0.5) is 16.4 Å². The normalized spacial score (nSPS) is 15.0. The molecule has 1 aromatic heterocycles. The molecule has 2 heterocycles. The van der Waals surface area contributed by atoms with E-state index in [1.54, 1.807) is 22.3 Å². The number of nitriles is 1. The van der Waals surface area contributed by atoms with E-state index in [2.05, 4.69) is 22.2 Å². The molecular weight excluding hydrogens is 382 g/mol. The minimum Gasteiger partial charge on any atom is -0.343 e. The second kappa shape index (κ2) is 8.53. The zero-order valence-corrected chi connectivity index (χ0v) is 16.5. The molecule has 2 N–H and O–H groups in total. The summed E-state index contributed by atoms with van der Waals surface area (Å²) in [6.45, 7) is 7.25. The topological polar surface area (TPSA) is 82.2 Å². The first-order valence-electron chi connectivity index (χ1n) is 8.64. The Morgan fingerprint density at radius 3 is 2.89 bits per heavy atom. The van der Waals surface area contributed by atoms with Crippen LogP contribution in [0.25, 0.3) is 0 Å². The van der Waals surface area contributed by atoms with Gasteiger partial charge in [0.05, 0.1) is 22.4 Å². The molecule has 0 spiro atoms. The number of hydrogen-bond donors (Lipinski definition) is 2. The minimum atomic E-state index is -0.244. The number of benzene rings is 1. The first-order valence-corrected chi connectivity index (χ1v) is 9.79. The van der Waals surface area contributed by atoms with Gasteiger partial charge in [-0.15, -0.1) is 0 Å². The number of nitrogens with one attached hydrogen (secondary N) is 2. The van der Waals surface area contributed by atoms with Gasteiger partial charge in [-0.2, -0.15) is 5.26 Å². The molecule has 0 unspecified atom stereocenters. The molecule has 0 radical (unpaired) electrons. The lowest BCUT2D eigenvalue weighted by Crippen LogP contribution is -2.32. The number of aliphatic imine (C=N–C) groups is 1. The van der Waals surface area contributed by atoms with Crippen LogP contribution in [0, 0.1) is 18.3 Å². The monoisotopic (exact) mass is 401 g/mol. The van der Waals surface area contributed by atoms with Crippen LogP contribution in [-0.4, -0.2) is 23.3 Å². The molecular formula is C19H20ClN5OS. The van der Waals surface area contributed by atoms with Gasteiger partial charge in [-0.05, 0) is 62.1 Å². The van der Waals surface area contributed by atoms with Crippen molar-refractivity contribution in [3.05, 3.63) is 51.3 Å².